The number of phenols is 1. The molecule has 0 saturated heterocycles. The van der Waals surface area contributed by atoms with Gasteiger partial charge in [0, 0.05) is 6.20 Å². The fourth-order valence-corrected chi connectivity index (χ4v) is 1.14. The van der Waals surface area contributed by atoms with Crippen LogP contribution < -0.4 is 10.6 Å². The summed E-state index contributed by atoms with van der Waals surface area (Å²) in [5, 5.41) is 22.7. The van der Waals surface area contributed by atoms with E-state index in [4.69, 9.17) is 5.11 Å². The predicted octanol–water partition coefficient (Wildman–Crippen LogP) is 1.81. The lowest BCUT2D eigenvalue weighted by atomic mass is 10.2. The van der Waals surface area contributed by atoms with Crippen molar-refractivity contribution in [3.05, 3.63) is 35.5 Å². The lowest BCUT2D eigenvalue weighted by molar-refractivity contribution is -0.132. The predicted molar refractivity (Wildman–Crippen MR) is 66.4 cm³/mol. The van der Waals surface area contributed by atoms with E-state index < -0.39 is 12.0 Å². The van der Waals surface area contributed by atoms with Gasteiger partial charge in [0.05, 0.1) is 11.3 Å². The Kier molecular flexibility index (Phi) is 4.31. The van der Waals surface area contributed by atoms with Gasteiger partial charge in [0.25, 0.3) is 0 Å². The van der Waals surface area contributed by atoms with E-state index in [9.17, 15) is 14.7 Å². The zero-order valence-electron chi connectivity index (χ0n) is 10.0. The molecule has 0 spiro atoms. The van der Waals surface area contributed by atoms with Gasteiger partial charge in [0.1, 0.15) is 5.75 Å². The molecule has 0 heterocycles. The van der Waals surface area contributed by atoms with Crippen molar-refractivity contribution in [3.8, 4) is 5.75 Å². The second kappa shape index (κ2) is 5.72. The highest BCUT2D eigenvalue weighted by Crippen LogP contribution is 2.23. The third kappa shape index (κ3) is 3.82. The molecule has 2 amide bonds. The molecular weight excluding hydrogens is 236 g/mol. The standard InChI is InChI=1S/C12H14N2O4/c1-7-3-4-10(15)9(5-7)14-12(18)13-6-8(2)11(16)17/h3-6,15H,1-2H3,(H,16,17)(H2,13,14,18). The van der Waals surface area contributed by atoms with Crippen LogP contribution in [0.5, 0.6) is 5.75 Å². The maximum absolute atomic E-state index is 11.4. The van der Waals surface area contributed by atoms with Crippen LogP contribution in [0.4, 0.5) is 10.5 Å². The van der Waals surface area contributed by atoms with Gasteiger partial charge in [-0.2, -0.15) is 0 Å². The molecule has 1 aromatic carbocycles. The molecule has 1 rings (SSSR count). The summed E-state index contributed by atoms with van der Waals surface area (Å²) >= 11 is 0. The van der Waals surface area contributed by atoms with Crippen LogP contribution >= 0.6 is 0 Å². The Labute approximate surface area is 104 Å². The zero-order chi connectivity index (χ0) is 13.7. The minimum absolute atomic E-state index is 0.00128. The van der Waals surface area contributed by atoms with Crippen LogP contribution in [0, 0.1) is 6.92 Å². The number of aryl methyl sites for hydroxylation is 1. The summed E-state index contributed by atoms with van der Waals surface area (Å²) in [5.74, 6) is -1.18. The number of hydrogen-bond donors (Lipinski definition) is 4. The van der Waals surface area contributed by atoms with E-state index >= 15 is 0 Å². The van der Waals surface area contributed by atoms with Crippen molar-refractivity contribution in [2.75, 3.05) is 5.32 Å². The Morgan fingerprint density at radius 2 is 2.00 bits per heavy atom. The Morgan fingerprint density at radius 1 is 1.33 bits per heavy atom. The van der Waals surface area contributed by atoms with Crippen LogP contribution in [0.25, 0.3) is 0 Å². The van der Waals surface area contributed by atoms with E-state index in [-0.39, 0.29) is 17.0 Å². The van der Waals surface area contributed by atoms with Crippen molar-refractivity contribution in [2.45, 2.75) is 13.8 Å². The van der Waals surface area contributed by atoms with Crippen LogP contribution in [0.15, 0.2) is 30.0 Å². The first-order valence-corrected chi connectivity index (χ1v) is 5.17. The number of rotatable bonds is 3. The van der Waals surface area contributed by atoms with Crippen molar-refractivity contribution in [1.29, 1.82) is 0 Å². The Balaban J connectivity index is 2.68. The molecule has 1 aromatic rings. The fraction of sp³-hybridized carbons (Fsp3) is 0.167. The summed E-state index contributed by atoms with van der Waals surface area (Å²) in [5.41, 5.74) is 1.13. The SMILES string of the molecule is CC(=CNC(=O)Nc1cc(C)ccc1O)C(=O)O. The van der Waals surface area contributed by atoms with Gasteiger partial charge in [-0.05, 0) is 31.5 Å². The summed E-state index contributed by atoms with van der Waals surface area (Å²) in [6.45, 7) is 3.17. The second-order valence-corrected chi connectivity index (χ2v) is 3.75. The first-order valence-electron chi connectivity index (χ1n) is 5.17. The lowest BCUT2D eigenvalue weighted by Crippen LogP contribution is -2.24. The number of anilines is 1. The summed E-state index contributed by atoms with van der Waals surface area (Å²) in [6.07, 6.45) is 1.07. The summed E-state index contributed by atoms with van der Waals surface area (Å²) in [4.78, 5) is 21.9. The number of carboxylic acid groups (broad SMARTS) is 1. The highest BCUT2D eigenvalue weighted by molar-refractivity contribution is 5.93. The largest absolute Gasteiger partial charge is 0.506 e. The van der Waals surface area contributed by atoms with Crippen molar-refractivity contribution < 1.29 is 19.8 Å². The number of aliphatic carboxylic acids is 1. The number of urea groups is 1. The molecule has 0 atom stereocenters. The van der Waals surface area contributed by atoms with Gasteiger partial charge in [0.15, 0.2) is 0 Å². The molecule has 0 fully saturated rings. The van der Waals surface area contributed by atoms with Crippen LogP contribution in [-0.4, -0.2) is 22.2 Å². The quantitative estimate of drug-likeness (QED) is 0.485. The van der Waals surface area contributed by atoms with Gasteiger partial charge in [0.2, 0.25) is 0 Å². The maximum atomic E-state index is 11.4. The molecule has 0 aliphatic rings. The average molecular weight is 250 g/mol. The molecule has 0 aliphatic heterocycles. The number of phenolic OH excluding ortho intramolecular Hbond substituents is 1. The van der Waals surface area contributed by atoms with Gasteiger partial charge in [-0.15, -0.1) is 0 Å². The van der Waals surface area contributed by atoms with Gasteiger partial charge in [-0.1, -0.05) is 6.07 Å². The Bertz CT molecular complexity index is 509. The number of hydrogen-bond acceptors (Lipinski definition) is 3. The molecule has 6 nitrogen and oxygen atoms in total. The minimum Gasteiger partial charge on any atom is -0.506 e. The topological polar surface area (TPSA) is 98.7 Å². The third-order valence-corrected chi connectivity index (χ3v) is 2.16. The van der Waals surface area contributed by atoms with Crippen molar-refractivity contribution >= 4 is 17.7 Å². The normalized spacial score (nSPS) is 10.9. The van der Waals surface area contributed by atoms with E-state index in [2.05, 4.69) is 10.6 Å². The monoisotopic (exact) mass is 250 g/mol. The lowest BCUT2D eigenvalue weighted by Gasteiger charge is -2.07. The molecule has 6 heteroatoms. The van der Waals surface area contributed by atoms with Gasteiger partial charge < -0.3 is 20.8 Å². The van der Waals surface area contributed by atoms with Crippen LogP contribution in [0.3, 0.4) is 0 Å². The first-order chi connectivity index (χ1) is 8.40. The van der Waals surface area contributed by atoms with E-state index in [0.29, 0.717) is 0 Å². The minimum atomic E-state index is -1.12. The van der Waals surface area contributed by atoms with Crippen molar-refractivity contribution in [1.82, 2.24) is 5.32 Å². The molecule has 0 aromatic heterocycles. The summed E-state index contributed by atoms with van der Waals surface area (Å²) in [6, 6.07) is 4.13. The molecule has 0 radical (unpaired) electrons. The summed E-state index contributed by atoms with van der Waals surface area (Å²) in [7, 11) is 0. The molecular formula is C12H14N2O4. The molecule has 4 N–H and O–H groups in total. The molecule has 0 bridgehead atoms. The number of aromatic hydroxyl groups is 1. The number of carbonyl (C=O) groups excluding carboxylic acids is 1. The van der Waals surface area contributed by atoms with Crippen molar-refractivity contribution in [3.63, 3.8) is 0 Å². The van der Waals surface area contributed by atoms with Crippen LogP contribution in [0.2, 0.25) is 0 Å². The van der Waals surface area contributed by atoms with E-state index in [1.54, 1.807) is 12.1 Å². The van der Waals surface area contributed by atoms with E-state index in [0.717, 1.165) is 11.8 Å². The van der Waals surface area contributed by atoms with Gasteiger partial charge >= 0.3 is 12.0 Å². The number of carbonyl (C=O) groups is 2. The zero-order valence-corrected chi connectivity index (χ0v) is 10.0. The first kappa shape index (κ1) is 13.6. The highest BCUT2D eigenvalue weighted by Gasteiger charge is 2.06. The van der Waals surface area contributed by atoms with E-state index in [1.165, 1.54) is 13.0 Å². The van der Waals surface area contributed by atoms with Gasteiger partial charge in [-0.3, -0.25) is 0 Å². The highest BCUT2D eigenvalue weighted by atomic mass is 16.4. The van der Waals surface area contributed by atoms with E-state index in [1.807, 2.05) is 6.92 Å². The number of carboxylic acids is 1. The average Bonchev–Trinajstić information content (AvgIpc) is 2.30. The second-order valence-electron chi connectivity index (χ2n) is 3.75. The smallest absolute Gasteiger partial charge is 0.332 e. The molecule has 0 saturated carbocycles. The number of nitrogens with one attached hydrogen (secondary N) is 2. The summed E-state index contributed by atoms with van der Waals surface area (Å²) < 4.78 is 0. The maximum Gasteiger partial charge on any atom is 0.332 e. The fourth-order valence-electron chi connectivity index (χ4n) is 1.14. The number of amides is 2. The van der Waals surface area contributed by atoms with Crippen molar-refractivity contribution in [2.24, 2.45) is 0 Å². The Hall–Kier alpha value is -2.50. The van der Waals surface area contributed by atoms with Crippen LogP contribution in [0.1, 0.15) is 12.5 Å². The molecule has 0 unspecified atom stereocenters. The molecule has 96 valence electrons. The molecule has 18 heavy (non-hydrogen) atoms. The number of benzene rings is 1. The van der Waals surface area contributed by atoms with Crippen LogP contribution in [-0.2, 0) is 4.79 Å². The third-order valence-electron chi connectivity index (χ3n) is 2.16. The Morgan fingerprint density at radius 3 is 2.61 bits per heavy atom. The van der Waals surface area contributed by atoms with Gasteiger partial charge in [-0.25, -0.2) is 9.59 Å². The molecule has 0 aliphatic carbocycles.